The van der Waals surface area contributed by atoms with Crippen molar-refractivity contribution in [2.75, 3.05) is 0 Å². The number of fused-ring (bicyclic) bond motifs is 3. The standard InChI is InChI=1S/C21H16N4OS/c1-12-2-7-16-17(8-12)27-21-18(16)20(26)24-19(25-21)15(11-23)9-13-3-5-14(10-22)6-4-13/h3-6,9,12H,2,7-8H2,1H3,(H,24,25,26). The molecule has 2 aromatic heterocycles. The Morgan fingerprint density at radius 2 is 2.11 bits per heavy atom. The van der Waals surface area contributed by atoms with E-state index in [0.717, 1.165) is 30.4 Å². The molecule has 0 bridgehead atoms. The van der Waals surface area contributed by atoms with Crippen molar-refractivity contribution in [3.63, 3.8) is 0 Å². The molecule has 0 aliphatic heterocycles. The van der Waals surface area contributed by atoms with E-state index in [1.165, 1.54) is 4.88 Å². The van der Waals surface area contributed by atoms with Gasteiger partial charge in [0, 0.05) is 4.88 Å². The van der Waals surface area contributed by atoms with Crippen molar-refractivity contribution in [1.29, 1.82) is 10.5 Å². The lowest BCUT2D eigenvalue weighted by Gasteiger charge is -2.17. The minimum atomic E-state index is -0.178. The van der Waals surface area contributed by atoms with Crippen molar-refractivity contribution in [3.05, 3.63) is 62.0 Å². The van der Waals surface area contributed by atoms with Crippen LogP contribution in [0.4, 0.5) is 0 Å². The predicted molar refractivity (Wildman–Crippen MR) is 106 cm³/mol. The van der Waals surface area contributed by atoms with E-state index in [0.29, 0.717) is 27.3 Å². The second-order valence-corrected chi connectivity index (χ2v) is 7.93. The molecule has 1 unspecified atom stereocenters. The van der Waals surface area contributed by atoms with Crippen LogP contribution in [0.15, 0.2) is 29.1 Å². The zero-order valence-electron chi connectivity index (χ0n) is 14.7. The van der Waals surface area contributed by atoms with Gasteiger partial charge in [0.15, 0.2) is 5.82 Å². The zero-order chi connectivity index (χ0) is 19.0. The van der Waals surface area contributed by atoms with Crippen molar-refractivity contribution < 1.29 is 0 Å². The van der Waals surface area contributed by atoms with Crippen LogP contribution >= 0.6 is 11.3 Å². The molecule has 6 heteroatoms. The highest BCUT2D eigenvalue weighted by Crippen LogP contribution is 2.35. The van der Waals surface area contributed by atoms with Gasteiger partial charge >= 0.3 is 0 Å². The molecule has 0 saturated carbocycles. The summed E-state index contributed by atoms with van der Waals surface area (Å²) in [5, 5.41) is 19.1. The number of rotatable bonds is 2. The van der Waals surface area contributed by atoms with Gasteiger partial charge in [-0.15, -0.1) is 11.3 Å². The number of aromatic amines is 1. The van der Waals surface area contributed by atoms with Crippen LogP contribution in [-0.2, 0) is 12.8 Å². The van der Waals surface area contributed by atoms with Gasteiger partial charge in [0.05, 0.1) is 22.6 Å². The first-order chi connectivity index (χ1) is 13.1. The molecule has 1 aliphatic carbocycles. The van der Waals surface area contributed by atoms with Gasteiger partial charge in [-0.2, -0.15) is 10.5 Å². The van der Waals surface area contributed by atoms with Gasteiger partial charge in [0.1, 0.15) is 10.9 Å². The number of hydrogen-bond acceptors (Lipinski definition) is 5. The quantitative estimate of drug-likeness (QED) is 0.687. The minimum Gasteiger partial charge on any atom is -0.305 e. The Labute approximate surface area is 160 Å². The number of aromatic nitrogens is 2. The van der Waals surface area contributed by atoms with Crippen LogP contribution in [0.2, 0.25) is 0 Å². The third kappa shape index (κ3) is 3.16. The Morgan fingerprint density at radius 1 is 1.33 bits per heavy atom. The maximum absolute atomic E-state index is 12.7. The molecule has 0 spiro atoms. The molecule has 2 heterocycles. The molecule has 1 aromatic carbocycles. The maximum atomic E-state index is 12.7. The van der Waals surface area contributed by atoms with E-state index < -0.39 is 0 Å². The molecule has 1 N–H and O–H groups in total. The molecular formula is C21H16N4OS. The molecule has 1 atom stereocenters. The van der Waals surface area contributed by atoms with E-state index in [2.05, 4.69) is 29.0 Å². The molecule has 4 rings (SSSR count). The number of benzene rings is 1. The average Bonchev–Trinajstić information content (AvgIpc) is 3.04. The summed E-state index contributed by atoms with van der Waals surface area (Å²) in [6.45, 7) is 2.23. The van der Waals surface area contributed by atoms with E-state index in [4.69, 9.17) is 5.26 Å². The molecular weight excluding hydrogens is 356 g/mol. The van der Waals surface area contributed by atoms with Crippen LogP contribution in [0.3, 0.4) is 0 Å². The minimum absolute atomic E-state index is 0.178. The van der Waals surface area contributed by atoms with E-state index >= 15 is 0 Å². The van der Waals surface area contributed by atoms with Gasteiger partial charge in [-0.05, 0) is 54.5 Å². The second-order valence-electron chi connectivity index (χ2n) is 6.85. The summed E-state index contributed by atoms with van der Waals surface area (Å²) in [6, 6.07) is 11.1. The second kappa shape index (κ2) is 6.83. The zero-order valence-corrected chi connectivity index (χ0v) is 15.6. The van der Waals surface area contributed by atoms with E-state index in [9.17, 15) is 10.1 Å². The largest absolute Gasteiger partial charge is 0.305 e. The van der Waals surface area contributed by atoms with Gasteiger partial charge in [0.2, 0.25) is 0 Å². The van der Waals surface area contributed by atoms with E-state index in [1.807, 2.05) is 0 Å². The van der Waals surface area contributed by atoms with Crippen LogP contribution in [0, 0.1) is 28.6 Å². The van der Waals surface area contributed by atoms with Crippen molar-refractivity contribution in [3.8, 4) is 12.1 Å². The van der Waals surface area contributed by atoms with Gasteiger partial charge in [-0.1, -0.05) is 19.1 Å². The predicted octanol–water partition coefficient (Wildman–Crippen LogP) is 4.05. The first kappa shape index (κ1) is 17.2. The van der Waals surface area contributed by atoms with Gasteiger partial charge in [0.25, 0.3) is 5.56 Å². The SMILES string of the molecule is CC1CCc2c(sc3nc(C(C#N)=Cc4ccc(C#N)cc4)[nH]c(=O)c23)C1. The molecule has 132 valence electrons. The number of aryl methyl sites for hydroxylation is 1. The first-order valence-corrected chi connectivity index (χ1v) is 9.57. The lowest BCUT2D eigenvalue weighted by molar-refractivity contribution is 0.509. The third-order valence-electron chi connectivity index (χ3n) is 4.89. The summed E-state index contributed by atoms with van der Waals surface area (Å²) in [6.07, 6.45) is 4.65. The Kier molecular flexibility index (Phi) is 4.35. The molecule has 0 radical (unpaired) electrons. The Hall–Kier alpha value is -3.22. The number of nitrogens with zero attached hydrogens (tertiary/aromatic N) is 3. The van der Waals surface area contributed by atoms with Crippen molar-refractivity contribution >= 4 is 33.2 Å². The summed E-state index contributed by atoms with van der Waals surface area (Å²) >= 11 is 1.57. The third-order valence-corrected chi connectivity index (χ3v) is 6.04. The van der Waals surface area contributed by atoms with Crippen molar-refractivity contribution in [1.82, 2.24) is 9.97 Å². The van der Waals surface area contributed by atoms with Crippen molar-refractivity contribution in [2.24, 2.45) is 5.92 Å². The monoisotopic (exact) mass is 372 g/mol. The molecule has 0 amide bonds. The van der Waals surface area contributed by atoms with Crippen LogP contribution in [0.1, 0.15) is 40.7 Å². The first-order valence-electron chi connectivity index (χ1n) is 8.76. The highest BCUT2D eigenvalue weighted by Gasteiger charge is 2.23. The highest BCUT2D eigenvalue weighted by molar-refractivity contribution is 7.18. The topological polar surface area (TPSA) is 93.3 Å². The van der Waals surface area contributed by atoms with E-state index in [-0.39, 0.29) is 11.4 Å². The maximum Gasteiger partial charge on any atom is 0.260 e. The van der Waals surface area contributed by atoms with Crippen LogP contribution in [-0.4, -0.2) is 9.97 Å². The summed E-state index contributed by atoms with van der Waals surface area (Å²) < 4.78 is 0. The Balaban J connectivity index is 1.80. The molecule has 1 aliphatic rings. The number of hydrogen-bond donors (Lipinski definition) is 1. The lowest BCUT2D eigenvalue weighted by Crippen LogP contribution is -2.14. The van der Waals surface area contributed by atoms with Gasteiger partial charge in [-0.3, -0.25) is 4.79 Å². The van der Waals surface area contributed by atoms with Gasteiger partial charge < -0.3 is 4.98 Å². The molecule has 0 saturated heterocycles. The number of allylic oxidation sites excluding steroid dienone is 1. The highest BCUT2D eigenvalue weighted by atomic mass is 32.1. The van der Waals surface area contributed by atoms with Gasteiger partial charge in [-0.25, -0.2) is 4.98 Å². The fourth-order valence-corrected chi connectivity index (χ4v) is 4.83. The number of H-pyrrole nitrogens is 1. The summed E-state index contributed by atoms with van der Waals surface area (Å²) in [7, 11) is 0. The van der Waals surface area contributed by atoms with Crippen LogP contribution in [0.25, 0.3) is 21.9 Å². The number of thiophene rings is 1. The summed E-state index contributed by atoms with van der Waals surface area (Å²) in [5.41, 5.74) is 2.56. The molecule has 3 aromatic rings. The lowest BCUT2D eigenvalue weighted by atomic mass is 9.89. The fraction of sp³-hybridized carbons (Fsp3) is 0.238. The average molecular weight is 372 g/mol. The molecule has 27 heavy (non-hydrogen) atoms. The molecule has 0 fully saturated rings. The number of nitriles is 2. The Bertz CT molecular complexity index is 1200. The normalized spacial score (nSPS) is 16.6. The van der Waals surface area contributed by atoms with Crippen LogP contribution < -0.4 is 5.56 Å². The summed E-state index contributed by atoms with van der Waals surface area (Å²) in [4.78, 5) is 22.0. The van der Waals surface area contributed by atoms with E-state index in [1.54, 1.807) is 41.7 Å². The fourth-order valence-electron chi connectivity index (χ4n) is 3.45. The number of nitrogens with one attached hydrogen (secondary N) is 1. The van der Waals surface area contributed by atoms with Crippen molar-refractivity contribution in [2.45, 2.75) is 26.2 Å². The molecule has 5 nitrogen and oxygen atoms in total. The van der Waals surface area contributed by atoms with Crippen LogP contribution in [0.5, 0.6) is 0 Å². The Morgan fingerprint density at radius 3 is 2.81 bits per heavy atom. The summed E-state index contributed by atoms with van der Waals surface area (Å²) in [5.74, 6) is 0.904. The smallest absolute Gasteiger partial charge is 0.260 e.